The largest absolute Gasteiger partial charge is 0.337 e. The highest BCUT2D eigenvalue weighted by molar-refractivity contribution is 5.79. The molecule has 1 amide bonds. The number of hydrogen-bond donors (Lipinski definition) is 1. The first-order valence-electron chi connectivity index (χ1n) is 8.42. The molecule has 2 fully saturated rings. The molecular weight excluding hydrogens is 262 g/mol. The lowest BCUT2D eigenvalue weighted by Gasteiger charge is -2.44. The zero-order valence-electron chi connectivity index (χ0n) is 13.7. The summed E-state index contributed by atoms with van der Waals surface area (Å²) < 4.78 is 0. The van der Waals surface area contributed by atoms with E-state index >= 15 is 0 Å². The van der Waals surface area contributed by atoms with Gasteiger partial charge in [0.05, 0.1) is 12.6 Å². The third-order valence-electron chi connectivity index (χ3n) is 5.49. The molecule has 0 aromatic heterocycles. The van der Waals surface area contributed by atoms with Crippen molar-refractivity contribution in [1.82, 2.24) is 10.2 Å². The van der Waals surface area contributed by atoms with Gasteiger partial charge >= 0.3 is 0 Å². The minimum Gasteiger partial charge on any atom is -0.337 e. The molecule has 2 rings (SSSR count). The number of hydrogen-bond acceptors (Lipinski definition) is 3. The number of nitrogens with one attached hydrogen (secondary N) is 1. The van der Waals surface area contributed by atoms with Gasteiger partial charge in [-0.2, -0.15) is 5.26 Å². The molecule has 1 N–H and O–H groups in total. The maximum absolute atomic E-state index is 12.4. The molecule has 0 bridgehead atoms. The van der Waals surface area contributed by atoms with E-state index in [1.807, 2.05) is 20.8 Å². The van der Waals surface area contributed by atoms with Gasteiger partial charge in [0.15, 0.2) is 0 Å². The average Bonchev–Trinajstić information content (AvgIpc) is 2.47. The number of amides is 1. The molecule has 3 atom stereocenters. The summed E-state index contributed by atoms with van der Waals surface area (Å²) in [6, 6.07) is 2.84. The van der Waals surface area contributed by atoms with E-state index in [1.54, 1.807) is 0 Å². The molecule has 1 saturated heterocycles. The van der Waals surface area contributed by atoms with E-state index in [4.69, 9.17) is 0 Å². The molecule has 0 unspecified atom stereocenters. The Kier molecular flexibility index (Phi) is 5.27. The van der Waals surface area contributed by atoms with Crippen LogP contribution in [0.3, 0.4) is 0 Å². The van der Waals surface area contributed by atoms with Gasteiger partial charge in [-0.05, 0) is 51.0 Å². The Bertz CT molecular complexity index is 413. The van der Waals surface area contributed by atoms with Crippen LogP contribution in [0.5, 0.6) is 0 Å². The number of likely N-dealkylation sites (tertiary alicyclic amines) is 1. The molecular formula is C17H29N3O. The molecule has 0 aromatic rings. The number of fused-ring (bicyclic) bond motifs is 1. The minimum atomic E-state index is -0.765. The highest BCUT2D eigenvalue weighted by Crippen LogP contribution is 2.35. The molecule has 4 nitrogen and oxygen atoms in total. The summed E-state index contributed by atoms with van der Waals surface area (Å²) >= 11 is 0. The topological polar surface area (TPSA) is 56.1 Å². The summed E-state index contributed by atoms with van der Waals surface area (Å²) in [6.07, 6.45) is 7.73. The smallest absolute Gasteiger partial charge is 0.235 e. The summed E-state index contributed by atoms with van der Waals surface area (Å²) in [7, 11) is 0. The number of carbonyl (C=O) groups is 1. The van der Waals surface area contributed by atoms with Crippen molar-refractivity contribution in [2.24, 2.45) is 11.8 Å². The quantitative estimate of drug-likeness (QED) is 0.866. The van der Waals surface area contributed by atoms with Crippen LogP contribution in [0.15, 0.2) is 0 Å². The van der Waals surface area contributed by atoms with Crippen molar-refractivity contribution in [3.8, 4) is 6.07 Å². The lowest BCUT2D eigenvalue weighted by atomic mass is 9.78. The molecule has 0 radical (unpaired) electrons. The standard InChI is InChI=1S/C17H29N3O/c1-13(2)17(3,12-18)19-16(21)11-20-10-6-8-14-7-4-5-9-15(14)20/h13-15H,4-11H2,1-3H3,(H,19,21)/t14-,15+,17+/m1/s1. The third kappa shape index (κ3) is 3.77. The van der Waals surface area contributed by atoms with Crippen molar-refractivity contribution >= 4 is 5.91 Å². The summed E-state index contributed by atoms with van der Waals surface area (Å²) in [5.74, 6) is 0.891. The van der Waals surface area contributed by atoms with Gasteiger partial charge in [-0.25, -0.2) is 0 Å². The lowest BCUT2D eigenvalue weighted by Crippen LogP contribution is -2.55. The van der Waals surface area contributed by atoms with Crippen LogP contribution in [0.25, 0.3) is 0 Å². The molecule has 1 aliphatic heterocycles. The Morgan fingerprint density at radius 1 is 1.33 bits per heavy atom. The van der Waals surface area contributed by atoms with Crippen molar-refractivity contribution < 1.29 is 4.79 Å². The highest BCUT2D eigenvalue weighted by atomic mass is 16.2. The Morgan fingerprint density at radius 2 is 2.00 bits per heavy atom. The Balaban J connectivity index is 1.94. The van der Waals surface area contributed by atoms with Crippen LogP contribution >= 0.6 is 0 Å². The van der Waals surface area contributed by atoms with Crippen molar-refractivity contribution in [3.63, 3.8) is 0 Å². The summed E-state index contributed by atoms with van der Waals surface area (Å²) in [4.78, 5) is 14.7. The van der Waals surface area contributed by atoms with E-state index in [0.29, 0.717) is 12.6 Å². The Labute approximate surface area is 128 Å². The van der Waals surface area contributed by atoms with Gasteiger partial charge in [-0.1, -0.05) is 26.7 Å². The van der Waals surface area contributed by atoms with Crippen LogP contribution in [0.4, 0.5) is 0 Å². The maximum Gasteiger partial charge on any atom is 0.235 e. The van der Waals surface area contributed by atoms with Crippen LogP contribution < -0.4 is 5.32 Å². The number of piperidine rings is 1. The van der Waals surface area contributed by atoms with E-state index < -0.39 is 5.54 Å². The number of rotatable bonds is 4. The molecule has 2 aliphatic rings. The number of nitrogens with zero attached hydrogens (tertiary/aromatic N) is 2. The van der Waals surface area contributed by atoms with E-state index in [2.05, 4.69) is 16.3 Å². The van der Waals surface area contributed by atoms with Gasteiger partial charge < -0.3 is 5.32 Å². The van der Waals surface area contributed by atoms with E-state index in [1.165, 1.54) is 38.5 Å². The highest BCUT2D eigenvalue weighted by Gasteiger charge is 2.35. The van der Waals surface area contributed by atoms with E-state index in [9.17, 15) is 10.1 Å². The molecule has 0 aromatic carbocycles. The van der Waals surface area contributed by atoms with Crippen molar-refractivity contribution in [2.45, 2.75) is 70.9 Å². The summed E-state index contributed by atoms with van der Waals surface area (Å²) in [6.45, 7) is 7.24. The van der Waals surface area contributed by atoms with Gasteiger partial charge in [0, 0.05) is 6.04 Å². The van der Waals surface area contributed by atoms with Gasteiger partial charge in [0.25, 0.3) is 0 Å². The van der Waals surface area contributed by atoms with Crippen LogP contribution in [0.2, 0.25) is 0 Å². The second kappa shape index (κ2) is 6.79. The van der Waals surface area contributed by atoms with Crippen LogP contribution in [-0.4, -0.2) is 35.5 Å². The third-order valence-corrected chi connectivity index (χ3v) is 5.49. The monoisotopic (exact) mass is 291 g/mol. The molecule has 4 heteroatoms. The molecule has 0 spiro atoms. The summed E-state index contributed by atoms with van der Waals surface area (Å²) in [5, 5.41) is 12.3. The molecule has 1 aliphatic carbocycles. The predicted molar refractivity (Wildman–Crippen MR) is 83.6 cm³/mol. The first-order chi connectivity index (χ1) is 9.96. The zero-order chi connectivity index (χ0) is 15.5. The fourth-order valence-corrected chi connectivity index (χ4v) is 3.74. The predicted octanol–water partition coefficient (Wildman–Crippen LogP) is 2.70. The molecule has 1 heterocycles. The SMILES string of the molecule is CC(C)[C@](C)(C#N)NC(=O)CN1CCC[C@H]2CCCC[C@@H]21. The minimum absolute atomic E-state index is 0.000950. The van der Waals surface area contributed by atoms with Crippen molar-refractivity contribution in [2.75, 3.05) is 13.1 Å². The van der Waals surface area contributed by atoms with Gasteiger partial charge in [0.2, 0.25) is 5.91 Å². The van der Waals surface area contributed by atoms with Gasteiger partial charge in [-0.15, -0.1) is 0 Å². The van der Waals surface area contributed by atoms with Crippen molar-refractivity contribution in [3.05, 3.63) is 0 Å². The van der Waals surface area contributed by atoms with Crippen molar-refractivity contribution in [1.29, 1.82) is 5.26 Å². The Hall–Kier alpha value is -1.08. The normalized spacial score (nSPS) is 29.3. The van der Waals surface area contributed by atoms with E-state index in [0.717, 1.165) is 12.5 Å². The summed E-state index contributed by atoms with van der Waals surface area (Å²) in [5.41, 5.74) is -0.765. The zero-order valence-corrected chi connectivity index (χ0v) is 13.7. The fourth-order valence-electron chi connectivity index (χ4n) is 3.74. The lowest BCUT2D eigenvalue weighted by molar-refractivity contribution is -0.125. The second-order valence-electron chi connectivity index (χ2n) is 7.24. The van der Waals surface area contributed by atoms with Crippen LogP contribution in [0, 0.1) is 23.2 Å². The molecule has 1 saturated carbocycles. The molecule has 118 valence electrons. The Morgan fingerprint density at radius 3 is 2.67 bits per heavy atom. The number of nitriles is 1. The second-order valence-corrected chi connectivity index (χ2v) is 7.24. The maximum atomic E-state index is 12.4. The fraction of sp³-hybridized carbons (Fsp3) is 0.882. The van der Waals surface area contributed by atoms with Crippen LogP contribution in [0.1, 0.15) is 59.3 Å². The van der Waals surface area contributed by atoms with Gasteiger partial charge in [0.1, 0.15) is 5.54 Å². The molecule has 21 heavy (non-hydrogen) atoms. The first-order valence-corrected chi connectivity index (χ1v) is 8.42. The average molecular weight is 291 g/mol. The van der Waals surface area contributed by atoms with Crippen LogP contribution in [-0.2, 0) is 4.79 Å². The van der Waals surface area contributed by atoms with Gasteiger partial charge in [-0.3, -0.25) is 9.69 Å². The first kappa shape index (κ1) is 16.3. The number of carbonyl (C=O) groups excluding carboxylic acids is 1. The van der Waals surface area contributed by atoms with E-state index in [-0.39, 0.29) is 11.8 Å².